The molecular formula is C27H41NO4. The summed E-state index contributed by atoms with van der Waals surface area (Å²) in [6.45, 7) is 8.63. The lowest BCUT2D eigenvalue weighted by atomic mass is 9.78. The summed E-state index contributed by atoms with van der Waals surface area (Å²) in [5.41, 5.74) is 0.991. The third-order valence-corrected chi connectivity index (χ3v) is 6.33. The first kappa shape index (κ1) is 26.1. The fourth-order valence-corrected chi connectivity index (χ4v) is 4.51. The van der Waals surface area contributed by atoms with Crippen LogP contribution in [0.1, 0.15) is 84.6 Å². The van der Waals surface area contributed by atoms with E-state index in [0.717, 1.165) is 30.6 Å². The molecule has 0 aromatic heterocycles. The Labute approximate surface area is 193 Å². The summed E-state index contributed by atoms with van der Waals surface area (Å²) in [7, 11) is 0. The molecule has 2 bridgehead atoms. The van der Waals surface area contributed by atoms with Crippen molar-refractivity contribution in [2.45, 2.75) is 91.5 Å². The predicted octanol–water partition coefficient (Wildman–Crippen LogP) is 5.29. The number of fused-ring (bicyclic) bond motifs is 11. The molecule has 178 valence electrons. The van der Waals surface area contributed by atoms with Gasteiger partial charge in [-0.15, -0.1) is 0 Å². The van der Waals surface area contributed by atoms with Gasteiger partial charge in [0, 0.05) is 24.7 Å². The Balaban J connectivity index is 2.35. The van der Waals surface area contributed by atoms with Gasteiger partial charge in [0.15, 0.2) is 5.78 Å². The highest BCUT2D eigenvalue weighted by Gasteiger charge is 2.35. The van der Waals surface area contributed by atoms with Crippen LogP contribution in [-0.2, 0) is 20.8 Å². The highest BCUT2D eigenvalue weighted by molar-refractivity contribution is 5.93. The standard InChI is InChI=1S/C27H41NO4/c1-5-7-8-11-26(30)24-18-20-12-14-21(15-13-20)32-16-9-10-22(25(29)6-2)23(17-19(3)4)27(31)28-24/h12-15,19,22-24H,5-11,16-18H2,1-4H3,(H,28,31)/t22-,23+,24-/m0/s1. The Kier molecular flexibility index (Phi) is 10.9. The van der Waals surface area contributed by atoms with Crippen molar-refractivity contribution >= 4 is 17.5 Å². The first-order chi connectivity index (χ1) is 15.3. The molecule has 3 atom stereocenters. The Morgan fingerprint density at radius 1 is 1.09 bits per heavy atom. The summed E-state index contributed by atoms with van der Waals surface area (Å²) in [6.07, 6.45) is 6.17. The Morgan fingerprint density at radius 3 is 2.44 bits per heavy atom. The van der Waals surface area contributed by atoms with Gasteiger partial charge in [0.2, 0.25) is 5.91 Å². The molecule has 2 aliphatic rings. The molecule has 32 heavy (non-hydrogen) atoms. The molecule has 2 heterocycles. The van der Waals surface area contributed by atoms with Crippen LogP contribution in [0.15, 0.2) is 24.3 Å². The van der Waals surface area contributed by atoms with Crippen LogP contribution in [0.3, 0.4) is 0 Å². The van der Waals surface area contributed by atoms with Crippen LogP contribution in [0, 0.1) is 17.8 Å². The van der Waals surface area contributed by atoms with Gasteiger partial charge in [-0.3, -0.25) is 14.4 Å². The predicted molar refractivity (Wildman–Crippen MR) is 128 cm³/mol. The fourth-order valence-electron chi connectivity index (χ4n) is 4.51. The number of Topliss-reactive ketones (excluding diaryl/α,β-unsaturated/α-hetero) is 2. The molecule has 1 aromatic carbocycles. The van der Waals surface area contributed by atoms with E-state index in [2.05, 4.69) is 26.1 Å². The average molecular weight is 444 g/mol. The van der Waals surface area contributed by atoms with Crippen LogP contribution >= 0.6 is 0 Å². The lowest BCUT2D eigenvalue weighted by Crippen LogP contribution is -2.47. The van der Waals surface area contributed by atoms with Crippen molar-refractivity contribution in [2.75, 3.05) is 6.61 Å². The number of hydrogen-bond acceptors (Lipinski definition) is 4. The van der Waals surface area contributed by atoms with Crippen molar-refractivity contribution in [3.8, 4) is 5.75 Å². The van der Waals surface area contributed by atoms with E-state index >= 15 is 0 Å². The van der Waals surface area contributed by atoms with Crippen LogP contribution in [0.25, 0.3) is 0 Å². The molecule has 1 aromatic rings. The van der Waals surface area contributed by atoms with Crippen molar-refractivity contribution in [1.82, 2.24) is 5.32 Å². The van der Waals surface area contributed by atoms with Crippen molar-refractivity contribution in [2.24, 2.45) is 17.8 Å². The van der Waals surface area contributed by atoms with Gasteiger partial charge in [-0.25, -0.2) is 0 Å². The summed E-state index contributed by atoms with van der Waals surface area (Å²) < 4.78 is 5.87. The maximum atomic E-state index is 13.5. The molecule has 1 N–H and O–H groups in total. The molecule has 0 radical (unpaired) electrons. The van der Waals surface area contributed by atoms with E-state index in [9.17, 15) is 14.4 Å². The van der Waals surface area contributed by atoms with E-state index < -0.39 is 12.0 Å². The first-order valence-electron chi connectivity index (χ1n) is 12.4. The van der Waals surface area contributed by atoms with Gasteiger partial charge in [0.1, 0.15) is 11.5 Å². The number of ketones is 2. The van der Waals surface area contributed by atoms with Gasteiger partial charge in [-0.1, -0.05) is 52.7 Å². The first-order valence-corrected chi connectivity index (χ1v) is 12.4. The smallest absolute Gasteiger partial charge is 0.224 e. The van der Waals surface area contributed by atoms with E-state index in [1.165, 1.54) is 0 Å². The molecule has 0 saturated heterocycles. The van der Waals surface area contributed by atoms with Gasteiger partial charge >= 0.3 is 0 Å². The number of unbranched alkanes of at least 4 members (excludes halogenated alkanes) is 2. The number of nitrogens with one attached hydrogen (secondary N) is 1. The zero-order valence-corrected chi connectivity index (χ0v) is 20.3. The van der Waals surface area contributed by atoms with E-state index in [1.54, 1.807) is 0 Å². The Morgan fingerprint density at radius 2 is 1.81 bits per heavy atom. The minimum absolute atomic E-state index is 0.0703. The molecule has 1 amide bonds. The van der Waals surface area contributed by atoms with Crippen molar-refractivity contribution in [3.05, 3.63) is 29.8 Å². The highest BCUT2D eigenvalue weighted by atomic mass is 16.5. The summed E-state index contributed by atoms with van der Waals surface area (Å²) in [5, 5.41) is 3.08. The Hall–Kier alpha value is -2.17. The van der Waals surface area contributed by atoms with Crippen molar-refractivity contribution in [1.29, 1.82) is 0 Å². The number of carbonyl (C=O) groups excluding carboxylic acids is 3. The highest BCUT2D eigenvalue weighted by Crippen LogP contribution is 2.28. The molecule has 3 rings (SSSR count). The number of benzene rings is 1. The number of amides is 1. The summed E-state index contributed by atoms with van der Waals surface area (Å²) >= 11 is 0. The van der Waals surface area contributed by atoms with Crippen molar-refractivity contribution in [3.63, 3.8) is 0 Å². The van der Waals surface area contributed by atoms with Crippen LogP contribution in [0.2, 0.25) is 0 Å². The summed E-state index contributed by atoms with van der Waals surface area (Å²) in [5.74, 6) is 0.334. The van der Waals surface area contributed by atoms with Crippen LogP contribution < -0.4 is 10.1 Å². The van der Waals surface area contributed by atoms with E-state index in [4.69, 9.17) is 4.74 Å². The second-order valence-corrected chi connectivity index (χ2v) is 9.49. The van der Waals surface area contributed by atoms with Crippen LogP contribution in [0.5, 0.6) is 5.75 Å². The molecule has 5 heteroatoms. The second-order valence-electron chi connectivity index (χ2n) is 9.49. The fraction of sp³-hybridized carbons (Fsp3) is 0.667. The zero-order valence-electron chi connectivity index (χ0n) is 20.3. The third kappa shape index (κ3) is 8.07. The van der Waals surface area contributed by atoms with Gasteiger partial charge in [0.05, 0.1) is 12.6 Å². The van der Waals surface area contributed by atoms with Crippen LogP contribution in [-0.4, -0.2) is 30.1 Å². The van der Waals surface area contributed by atoms with E-state index in [1.807, 2.05) is 31.2 Å². The molecule has 5 nitrogen and oxygen atoms in total. The number of rotatable bonds is 9. The minimum atomic E-state index is -0.568. The van der Waals surface area contributed by atoms with Gasteiger partial charge in [-0.05, 0) is 55.7 Å². The lowest BCUT2D eigenvalue weighted by Gasteiger charge is -2.29. The monoisotopic (exact) mass is 443 g/mol. The van der Waals surface area contributed by atoms with Crippen LogP contribution in [0.4, 0.5) is 0 Å². The van der Waals surface area contributed by atoms with E-state index in [0.29, 0.717) is 45.1 Å². The summed E-state index contributed by atoms with van der Waals surface area (Å²) in [4.78, 5) is 39.4. The molecule has 0 saturated carbocycles. The second kappa shape index (κ2) is 13.4. The molecule has 0 unspecified atom stereocenters. The molecule has 0 fully saturated rings. The number of hydrogen-bond donors (Lipinski definition) is 1. The SMILES string of the molecule is CCCCCC(=O)[C@@H]1Cc2ccc(cc2)OCCC[C@H](C(=O)CC)[C@@H](CC(C)C)C(=O)N1. The Bertz CT molecular complexity index is 741. The van der Waals surface area contributed by atoms with E-state index in [-0.39, 0.29) is 29.3 Å². The topological polar surface area (TPSA) is 72.5 Å². The quantitative estimate of drug-likeness (QED) is 0.526. The van der Waals surface area contributed by atoms with Gasteiger partial charge in [-0.2, -0.15) is 0 Å². The lowest BCUT2D eigenvalue weighted by molar-refractivity contribution is -0.136. The summed E-state index contributed by atoms with van der Waals surface area (Å²) in [6, 6.07) is 7.19. The van der Waals surface area contributed by atoms with Crippen molar-refractivity contribution < 1.29 is 19.1 Å². The maximum absolute atomic E-state index is 13.5. The average Bonchev–Trinajstić information content (AvgIpc) is 2.77. The van der Waals surface area contributed by atoms with Gasteiger partial charge < -0.3 is 10.1 Å². The molecule has 0 aliphatic carbocycles. The third-order valence-electron chi connectivity index (χ3n) is 6.33. The number of carbonyl (C=O) groups is 3. The normalized spacial score (nSPS) is 22.2. The zero-order chi connectivity index (χ0) is 23.5. The largest absolute Gasteiger partial charge is 0.494 e. The molecular weight excluding hydrogens is 402 g/mol. The molecule has 2 aliphatic heterocycles. The van der Waals surface area contributed by atoms with Gasteiger partial charge in [0.25, 0.3) is 0 Å². The molecule has 0 spiro atoms. The number of ether oxygens (including phenoxy) is 1. The maximum Gasteiger partial charge on any atom is 0.224 e. The minimum Gasteiger partial charge on any atom is -0.494 e.